The van der Waals surface area contributed by atoms with Crippen LogP contribution in [0.15, 0.2) is 106 Å². The molecule has 0 aliphatic heterocycles. The third kappa shape index (κ3) is 8.76. The molecule has 0 saturated heterocycles. The average molecular weight is 641 g/mol. The lowest BCUT2D eigenvalue weighted by molar-refractivity contribution is 0.276. The molecule has 0 spiro atoms. The van der Waals surface area contributed by atoms with Crippen molar-refractivity contribution >= 4 is 40.2 Å². The Hall–Kier alpha value is -2.02. The van der Waals surface area contributed by atoms with Gasteiger partial charge in [-0.2, -0.15) is 0 Å². The molecule has 194 valence electrons. The van der Waals surface area contributed by atoms with Crippen LogP contribution in [0.2, 0.25) is 18.1 Å². The molecule has 1 N–H and O–H groups in total. The predicted octanol–water partition coefficient (Wildman–Crippen LogP) is 10.2. The van der Waals surface area contributed by atoms with Gasteiger partial charge in [-0.1, -0.05) is 125 Å². The van der Waals surface area contributed by atoms with Crippen molar-refractivity contribution in [3.63, 3.8) is 0 Å². The van der Waals surface area contributed by atoms with E-state index in [1.54, 1.807) is 0 Å². The molecule has 37 heavy (non-hydrogen) atoms. The highest BCUT2D eigenvalue weighted by Gasteiger charge is 2.36. The number of benzene rings is 4. The monoisotopic (exact) mass is 638 g/mol. The van der Waals surface area contributed by atoms with Gasteiger partial charge < -0.3 is 9.53 Å². The number of aliphatic hydroxyl groups is 1. The summed E-state index contributed by atoms with van der Waals surface area (Å²) in [7, 11) is -1.68. The van der Waals surface area contributed by atoms with Crippen LogP contribution in [-0.2, 0) is 17.6 Å². The van der Waals surface area contributed by atoms with Gasteiger partial charge in [0.2, 0.25) is 0 Å². The zero-order chi connectivity index (χ0) is 27.1. The molecule has 0 heterocycles. The van der Waals surface area contributed by atoms with Crippen molar-refractivity contribution in [3.8, 4) is 22.3 Å². The minimum Gasteiger partial charge on any atom is -0.413 e. The Bertz CT molecular complexity index is 1240. The molecule has 0 saturated carbocycles. The SMILES string of the molecule is CC(C)(C)[Si](C)(C)OCc1ccc(-c2ccc(Br)cc2)cc1.OCc1ccc(-c2ccc(Br)cc2)cc1. The van der Waals surface area contributed by atoms with E-state index in [2.05, 4.69) is 126 Å². The number of halogens is 2. The Labute approximate surface area is 240 Å². The molecule has 0 aliphatic rings. The molecule has 4 rings (SSSR count). The topological polar surface area (TPSA) is 29.5 Å². The second-order valence-corrected chi connectivity index (χ2v) is 17.3. The fourth-order valence-corrected chi connectivity index (χ4v) is 4.85. The van der Waals surface area contributed by atoms with E-state index in [1.807, 2.05) is 36.4 Å². The lowest BCUT2D eigenvalue weighted by Crippen LogP contribution is -2.40. The second kappa shape index (κ2) is 13.2. The normalized spacial score (nSPS) is 11.6. The second-order valence-electron chi connectivity index (χ2n) is 10.6. The maximum atomic E-state index is 8.93. The number of hydrogen-bond donors (Lipinski definition) is 1. The zero-order valence-corrected chi connectivity index (χ0v) is 26.4. The van der Waals surface area contributed by atoms with Crippen LogP contribution in [0.3, 0.4) is 0 Å². The van der Waals surface area contributed by atoms with E-state index in [4.69, 9.17) is 9.53 Å². The maximum absolute atomic E-state index is 8.93. The van der Waals surface area contributed by atoms with Gasteiger partial charge in [-0.15, -0.1) is 0 Å². The summed E-state index contributed by atoms with van der Waals surface area (Å²) in [4.78, 5) is 0. The standard InChI is InChI=1S/C19H25BrOSi.C13H11BrO/c1-19(2,3)22(4,5)21-14-15-6-8-16(9-7-15)17-10-12-18(20)13-11-17;14-13-7-5-12(6-8-13)11-3-1-10(9-15)2-4-11/h6-13H,14H2,1-5H3;1-8,15H,9H2. The van der Waals surface area contributed by atoms with Gasteiger partial charge >= 0.3 is 0 Å². The molecule has 5 heteroatoms. The lowest BCUT2D eigenvalue weighted by atomic mass is 10.0. The summed E-state index contributed by atoms with van der Waals surface area (Å²) in [6, 6.07) is 33.2. The minimum atomic E-state index is -1.68. The van der Waals surface area contributed by atoms with Crippen molar-refractivity contribution in [2.45, 2.75) is 52.1 Å². The van der Waals surface area contributed by atoms with Gasteiger partial charge in [0, 0.05) is 8.95 Å². The van der Waals surface area contributed by atoms with Crippen molar-refractivity contribution in [2.75, 3.05) is 0 Å². The summed E-state index contributed by atoms with van der Waals surface area (Å²) in [6.45, 7) is 12.2. The molecule has 0 aromatic heterocycles. The molecule has 0 bridgehead atoms. The van der Waals surface area contributed by atoms with Crippen molar-refractivity contribution in [2.24, 2.45) is 0 Å². The quantitative estimate of drug-likeness (QED) is 0.213. The Morgan fingerprint density at radius 1 is 0.595 bits per heavy atom. The summed E-state index contributed by atoms with van der Waals surface area (Å²) in [6.07, 6.45) is 0. The molecule has 4 aromatic carbocycles. The van der Waals surface area contributed by atoms with Gasteiger partial charge in [-0.25, -0.2) is 0 Å². The van der Waals surface area contributed by atoms with Crippen LogP contribution in [0.4, 0.5) is 0 Å². The number of hydrogen-bond acceptors (Lipinski definition) is 2. The van der Waals surface area contributed by atoms with E-state index in [0.717, 1.165) is 14.5 Å². The van der Waals surface area contributed by atoms with Gasteiger partial charge in [0.25, 0.3) is 0 Å². The van der Waals surface area contributed by atoms with Crippen LogP contribution in [0.25, 0.3) is 22.3 Å². The summed E-state index contributed by atoms with van der Waals surface area (Å²) < 4.78 is 8.46. The zero-order valence-electron chi connectivity index (χ0n) is 22.3. The fraction of sp³-hybridized carbons (Fsp3) is 0.250. The highest BCUT2D eigenvalue weighted by atomic mass is 79.9. The largest absolute Gasteiger partial charge is 0.413 e. The molecular formula is C32H36Br2O2Si. The first-order valence-electron chi connectivity index (χ1n) is 12.4. The summed E-state index contributed by atoms with van der Waals surface area (Å²) in [5.74, 6) is 0. The highest BCUT2D eigenvalue weighted by molar-refractivity contribution is 9.10. The van der Waals surface area contributed by atoms with Gasteiger partial charge in [-0.3, -0.25) is 0 Å². The van der Waals surface area contributed by atoms with Crippen molar-refractivity contribution < 1.29 is 9.53 Å². The van der Waals surface area contributed by atoms with Crippen LogP contribution in [-0.4, -0.2) is 13.4 Å². The third-order valence-electron chi connectivity index (χ3n) is 6.85. The van der Waals surface area contributed by atoms with Gasteiger partial charge in [-0.05, 0) is 75.8 Å². The number of aliphatic hydroxyl groups excluding tert-OH is 1. The average Bonchev–Trinajstić information content (AvgIpc) is 2.89. The lowest BCUT2D eigenvalue weighted by Gasteiger charge is -2.36. The van der Waals surface area contributed by atoms with Gasteiger partial charge in [0.15, 0.2) is 8.32 Å². The van der Waals surface area contributed by atoms with Crippen LogP contribution in [0.1, 0.15) is 31.9 Å². The molecule has 0 atom stereocenters. The highest BCUT2D eigenvalue weighted by Crippen LogP contribution is 2.37. The van der Waals surface area contributed by atoms with Gasteiger partial charge in [0.1, 0.15) is 0 Å². The van der Waals surface area contributed by atoms with Crippen LogP contribution >= 0.6 is 31.9 Å². The van der Waals surface area contributed by atoms with E-state index in [1.165, 1.54) is 27.8 Å². The molecular weight excluding hydrogens is 604 g/mol. The summed E-state index contributed by atoms with van der Waals surface area (Å²) in [5.41, 5.74) is 7.01. The maximum Gasteiger partial charge on any atom is 0.192 e. The first-order valence-corrected chi connectivity index (χ1v) is 16.9. The Morgan fingerprint density at radius 2 is 0.919 bits per heavy atom. The Morgan fingerprint density at radius 3 is 1.24 bits per heavy atom. The first-order chi connectivity index (χ1) is 17.5. The van der Waals surface area contributed by atoms with Crippen LogP contribution in [0.5, 0.6) is 0 Å². The summed E-state index contributed by atoms with van der Waals surface area (Å²) >= 11 is 6.88. The minimum absolute atomic E-state index is 0.0978. The molecule has 0 radical (unpaired) electrons. The first kappa shape index (κ1) is 29.5. The molecule has 0 amide bonds. The molecule has 0 aliphatic carbocycles. The molecule has 0 unspecified atom stereocenters. The van der Waals surface area contributed by atoms with E-state index in [9.17, 15) is 0 Å². The van der Waals surface area contributed by atoms with E-state index < -0.39 is 8.32 Å². The van der Waals surface area contributed by atoms with Crippen molar-refractivity contribution in [1.82, 2.24) is 0 Å². The Kier molecular flexibility index (Phi) is 10.5. The molecule has 0 fully saturated rings. The van der Waals surface area contributed by atoms with Crippen LogP contribution in [0, 0.1) is 0 Å². The predicted molar refractivity (Wildman–Crippen MR) is 167 cm³/mol. The van der Waals surface area contributed by atoms with Crippen molar-refractivity contribution in [1.29, 1.82) is 0 Å². The van der Waals surface area contributed by atoms with Crippen LogP contribution < -0.4 is 0 Å². The third-order valence-corrected chi connectivity index (χ3v) is 12.4. The summed E-state index contributed by atoms with van der Waals surface area (Å²) in [5, 5.41) is 9.18. The van der Waals surface area contributed by atoms with Crippen molar-refractivity contribution in [3.05, 3.63) is 117 Å². The fourth-order valence-electron chi connectivity index (χ4n) is 3.36. The van der Waals surface area contributed by atoms with E-state index in [-0.39, 0.29) is 11.6 Å². The smallest absolute Gasteiger partial charge is 0.192 e. The number of rotatable bonds is 6. The van der Waals surface area contributed by atoms with E-state index >= 15 is 0 Å². The van der Waals surface area contributed by atoms with E-state index in [0.29, 0.717) is 6.61 Å². The molecule has 2 nitrogen and oxygen atoms in total. The Balaban J connectivity index is 0.000000220. The van der Waals surface area contributed by atoms with Gasteiger partial charge in [0.05, 0.1) is 13.2 Å². The molecule has 4 aromatic rings.